The second-order valence-electron chi connectivity index (χ2n) is 6.37. The standard InChI is InChI=1S/C16H25NO/c1-11-7-8-14(9-12(11)2)13(3)17-15(18)10-16(4,5)6/h7-9,13H,10H2,1-6H3,(H,17,18). The molecule has 1 amide bonds. The first-order valence-corrected chi connectivity index (χ1v) is 6.55. The maximum atomic E-state index is 11.9. The van der Waals surface area contributed by atoms with Gasteiger partial charge in [0.25, 0.3) is 0 Å². The maximum absolute atomic E-state index is 11.9. The number of amides is 1. The molecule has 1 atom stereocenters. The van der Waals surface area contributed by atoms with Gasteiger partial charge in [0.2, 0.25) is 5.91 Å². The summed E-state index contributed by atoms with van der Waals surface area (Å²) in [6.45, 7) is 12.5. The Balaban J connectivity index is 2.68. The predicted octanol–water partition coefficient (Wildman–Crippen LogP) is 3.92. The molecule has 0 bridgehead atoms. The van der Waals surface area contributed by atoms with Gasteiger partial charge in [0.1, 0.15) is 0 Å². The molecule has 0 fully saturated rings. The van der Waals surface area contributed by atoms with E-state index in [2.05, 4.69) is 58.1 Å². The zero-order valence-electron chi connectivity index (χ0n) is 12.4. The van der Waals surface area contributed by atoms with Crippen molar-refractivity contribution in [3.05, 3.63) is 34.9 Å². The van der Waals surface area contributed by atoms with E-state index in [1.54, 1.807) is 0 Å². The SMILES string of the molecule is Cc1ccc(C(C)NC(=O)CC(C)(C)C)cc1C. The zero-order chi connectivity index (χ0) is 13.9. The Morgan fingerprint density at radius 1 is 1.22 bits per heavy atom. The van der Waals surface area contributed by atoms with Gasteiger partial charge >= 0.3 is 0 Å². The van der Waals surface area contributed by atoms with Crippen LogP contribution in [0.1, 0.15) is 56.8 Å². The number of hydrogen-bond acceptors (Lipinski definition) is 1. The van der Waals surface area contributed by atoms with Crippen molar-refractivity contribution in [3.8, 4) is 0 Å². The van der Waals surface area contributed by atoms with Gasteiger partial charge in [-0.25, -0.2) is 0 Å². The molecule has 100 valence electrons. The number of carbonyl (C=O) groups is 1. The minimum Gasteiger partial charge on any atom is -0.350 e. The van der Waals surface area contributed by atoms with Crippen LogP contribution < -0.4 is 5.32 Å². The van der Waals surface area contributed by atoms with Crippen molar-refractivity contribution in [2.75, 3.05) is 0 Å². The molecule has 0 aliphatic rings. The molecule has 0 aliphatic carbocycles. The molecule has 2 heteroatoms. The monoisotopic (exact) mass is 247 g/mol. The van der Waals surface area contributed by atoms with Gasteiger partial charge in [-0.1, -0.05) is 39.0 Å². The van der Waals surface area contributed by atoms with E-state index in [-0.39, 0.29) is 17.4 Å². The van der Waals surface area contributed by atoms with Gasteiger partial charge in [-0.2, -0.15) is 0 Å². The lowest BCUT2D eigenvalue weighted by Crippen LogP contribution is -2.29. The van der Waals surface area contributed by atoms with Crippen LogP contribution in [-0.4, -0.2) is 5.91 Å². The second-order valence-corrected chi connectivity index (χ2v) is 6.37. The van der Waals surface area contributed by atoms with Crippen LogP contribution in [0.25, 0.3) is 0 Å². The van der Waals surface area contributed by atoms with E-state index in [9.17, 15) is 4.79 Å². The van der Waals surface area contributed by atoms with Crippen molar-refractivity contribution < 1.29 is 4.79 Å². The Morgan fingerprint density at radius 2 is 1.83 bits per heavy atom. The van der Waals surface area contributed by atoms with Crippen LogP contribution in [0.15, 0.2) is 18.2 Å². The summed E-state index contributed by atoms with van der Waals surface area (Å²) < 4.78 is 0. The molecular weight excluding hydrogens is 222 g/mol. The van der Waals surface area contributed by atoms with Gasteiger partial charge in [-0.05, 0) is 42.9 Å². The summed E-state index contributed by atoms with van der Waals surface area (Å²) in [4.78, 5) is 11.9. The summed E-state index contributed by atoms with van der Waals surface area (Å²) in [6, 6.07) is 6.41. The fraction of sp³-hybridized carbons (Fsp3) is 0.562. The molecule has 1 rings (SSSR count). The highest BCUT2D eigenvalue weighted by Gasteiger charge is 2.17. The number of rotatable bonds is 3. The van der Waals surface area contributed by atoms with Crippen molar-refractivity contribution in [2.24, 2.45) is 5.41 Å². The van der Waals surface area contributed by atoms with Crippen LogP contribution in [0.2, 0.25) is 0 Å². The summed E-state index contributed by atoms with van der Waals surface area (Å²) >= 11 is 0. The summed E-state index contributed by atoms with van der Waals surface area (Å²) in [5.41, 5.74) is 3.75. The average Bonchev–Trinajstić information content (AvgIpc) is 2.18. The summed E-state index contributed by atoms with van der Waals surface area (Å²) in [6.07, 6.45) is 0.558. The van der Waals surface area contributed by atoms with E-state index < -0.39 is 0 Å². The van der Waals surface area contributed by atoms with E-state index in [4.69, 9.17) is 0 Å². The lowest BCUT2D eigenvalue weighted by atomic mass is 9.91. The van der Waals surface area contributed by atoms with Crippen molar-refractivity contribution in [2.45, 2.75) is 54.0 Å². The van der Waals surface area contributed by atoms with Crippen LogP contribution in [0.4, 0.5) is 0 Å². The van der Waals surface area contributed by atoms with Crippen molar-refractivity contribution >= 4 is 5.91 Å². The normalized spacial score (nSPS) is 13.2. The van der Waals surface area contributed by atoms with Crippen molar-refractivity contribution in [1.82, 2.24) is 5.32 Å². The number of carbonyl (C=O) groups excluding carboxylic acids is 1. The quantitative estimate of drug-likeness (QED) is 0.862. The first-order chi connectivity index (χ1) is 8.19. The Bertz CT molecular complexity index is 429. The minimum atomic E-state index is 0.0347. The highest BCUT2D eigenvalue weighted by Crippen LogP contribution is 2.20. The lowest BCUT2D eigenvalue weighted by Gasteiger charge is -2.20. The highest BCUT2D eigenvalue weighted by molar-refractivity contribution is 5.77. The molecule has 0 aliphatic heterocycles. The largest absolute Gasteiger partial charge is 0.350 e. The van der Waals surface area contributed by atoms with E-state index in [0.29, 0.717) is 6.42 Å². The van der Waals surface area contributed by atoms with Gasteiger partial charge in [-0.15, -0.1) is 0 Å². The van der Waals surface area contributed by atoms with Crippen LogP contribution >= 0.6 is 0 Å². The molecular formula is C16H25NO. The fourth-order valence-electron chi connectivity index (χ4n) is 1.89. The van der Waals surface area contributed by atoms with E-state index >= 15 is 0 Å². The summed E-state index contributed by atoms with van der Waals surface area (Å²) in [5.74, 6) is 0.119. The van der Waals surface area contributed by atoms with E-state index in [1.807, 2.05) is 6.92 Å². The van der Waals surface area contributed by atoms with Crippen LogP contribution in [0.3, 0.4) is 0 Å². The smallest absolute Gasteiger partial charge is 0.220 e. The molecule has 0 saturated carbocycles. The van der Waals surface area contributed by atoms with Crippen LogP contribution in [0.5, 0.6) is 0 Å². The Kier molecular flexibility index (Phi) is 4.55. The fourth-order valence-corrected chi connectivity index (χ4v) is 1.89. The molecule has 0 heterocycles. The molecule has 1 aromatic carbocycles. The number of nitrogens with one attached hydrogen (secondary N) is 1. The Morgan fingerprint density at radius 3 is 2.33 bits per heavy atom. The molecule has 1 unspecified atom stereocenters. The molecule has 0 saturated heterocycles. The highest BCUT2D eigenvalue weighted by atomic mass is 16.1. The third kappa shape index (κ3) is 4.52. The van der Waals surface area contributed by atoms with Gasteiger partial charge in [0.15, 0.2) is 0 Å². The zero-order valence-corrected chi connectivity index (χ0v) is 12.4. The van der Waals surface area contributed by atoms with Gasteiger partial charge in [0.05, 0.1) is 6.04 Å². The molecule has 1 aromatic rings. The lowest BCUT2D eigenvalue weighted by molar-refractivity contribution is -0.123. The number of hydrogen-bond donors (Lipinski definition) is 1. The van der Waals surface area contributed by atoms with E-state index in [0.717, 1.165) is 0 Å². The van der Waals surface area contributed by atoms with Crippen molar-refractivity contribution in [3.63, 3.8) is 0 Å². The van der Waals surface area contributed by atoms with Crippen LogP contribution in [-0.2, 0) is 4.79 Å². The number of aryl methyl sites for hydroxylation is 2. The maximum Gasteiger partial charge on any atom is 0.220 e. The average molecular weight is 247 g/mol. The van der Waals surface area contributed by atoms with Gasteiger partial charge < -0.3 is 5.32 Å². The Hall–Kier alpha value is -1.31. The van der Waals surface area contributed by atoms with Crippen LogP contribution in [0, 0.1) is 19.3 Å². The summed E-state index contributed by atoms with van der Waals surface area (Å²) in [5, 5.41) is 3.06. The first kappa shape index (κ1) is 14.7. The first-order valence-electron chi connectivity index (χ1n) is 6.55. The third-order valence-electron chi connectivity index (χ3n) is 3.10. The molecule has 2 nitrogen and oxygen atoms in total. The molecule has 0 aromatic heterocycles. The third-order valence-corrected chi connectivity index (χ3v) is 3.10. The number of benzene rings is 1. The second kappa shape index (κ2) is 5.55. The minimum absolute atomic E-state index is 0.0347. The predicted molar refractivity (Wildman–Crippen MR) is 76.5 cm³/mol. The van der Waals surface area contributed by atoms with Gasteiger partial charge in [-0.3, -0.25) is 4.79 Å². The molecule has 0 radical (unpaired) electrons. The molecule has 0 spiro atoms. The molecule has 18 heavy (non-hydrogen) atoms. The topological polar surface area (TPSA) is 29.1 Å². The van der Waals surface area contributed by atoms with E-state index in [1.165, 1.54) is 16.7 Å². The van der Waals surface area contributed by atoms with Crippen molar-refractivity contribution in [1.29, 1.82) is 0 Å². The Labute approximate surface area is 111 Å². The summed E-state index contributed by atoms with van der Waals surface area (Å²) in [7, 11) is 0. The molecule has 1 N–H and O–H groups in total. The van der Waals surface area contributed by atoms with Gasteiger partial charge in [0, 0.05) is 6.42 Å².